The molecule has 3 heterocycles. The van der Waals surface area contributed by atoms with Gasteiger partial charge in [0.1, 0.15) is 0 Å². The molecule has 0 amide bonds. The van der Waals surface area contributed by atoms with E-state index in [9.17, 15) is 5.11 Å². The van der Waals surface area contributed by atoms with Crippen molar-refractivity contribution in [1.82, 2.24) is 14.9 Å². The van der Waals surface area contributed by atoms with E-state index in [4.69, 9.17) is 0 Å². The molecule has 1 aromatic heterocycles. The van der Waals surface area contributed by atoms with Gasteiger partial charge in [-0.05, 0) is 68.0 Å². The largest absolute Gasteiger partial charge is 0.396 e. The standard InChI is InChI=1S/C22H30N4O/c1-17-4-5-19(12-18(17)2)13-25-10-6-22(7-11-25)16-26(14-20(22)15-27)21-23-8-3-9-24-21/h3-5,8-9,12,20,27H,6-7,10-11,13-16H2,1-2H3/t20-/m1/s1. The number of aromatic nitrogens is 2. The summed E-state index contributed by atoms with van der Waals surface area (Å²) in [6, 6.07) is 8.66. The Hall–Kier alpha value is -1.98. The third kappa shape index (κ3) is 3.71. The molecule has 1 N–H and O–H groups in total. The SMILES string of the molecule is Cc1ccc(CN2CCC3(CC2)CN(c2ncccn2)C[C@@H]3CO)cc1C. The molecule has 1 atom stereocenters. The number of aliphatic hydroxyl groups excluding tert-OH is 1. The maximum absolute atomic E-state index is 10.0. The van der Waals surface area contributed by atoms with Crippen molar-refractivity contribution < 1.29 is 5.11 Å². The molecule has 0 saturated carbocycles. The van der Waals surface area contributed by atoms with Crippen molar-refractivity contribution >= 4 is 5.95 Å². The van der Waals surface area contributed by atoms with E-state index in [-0.39, 0.29) is 12.0 Å². The summed E-state index contributed by atoms with van der Waals surface area (Å²) in [4.78, 5) is 13.7. The Labute approximate surface area is 162 Å². The van der Waals surface area contributed by atoms with Gasteiger partial charge >= 0.3 is 0 Å². The van der Waals surface area contributed by atoms with Crippen molar-refractivity contribution in [3.8, 4) is 0 Å². The smallest absolute Gasteiger partial charge is 0.225 e. The van der Waals surface area contributed by atoms with E-state index in [2.05, 4.69) is 51.8 Å². The van der Waals surface area contributed by atoms with Gasteiger partial charge in [0.15, 0.2) is 0 Å². The molecule has 144 valence electrons. The fourth-order valence-electron chi connectivity index (χ4n) is 4.77. The molecule has 0 unspecified atom stereocenters. The van der Waals surface area contributed by atoms with E-state index in [1.54, 1.807) is 12.4 Å². The van der Waals surface area contributed by atoms with Crippen LogP contribution in [0, 0.1) is 25.2 Å². The van der Waals surface area contributed by atoms with E-state index in [0.29, 0.717) is 5.92 Å². The molecule has 5 heteroatoms. The summed E-state index contributed by atoms with van der Waals surface area (Å²) < 4.78 is 0. The van der Waals surface area contributed by atoms with Gasteiger partial charge in [0.25, 0.3) is 0 Å². The van der Waals surface area contributed by atoms with Gasteiger partial charge < -0.3 is 10.0 Å². The van der Waals surface area contributed by atoms with Crippen LogP contribution in [0.15, 0.2) is 36.7 Å². The summed E-state index contributed by atoms with van der Waals surface area (Å²) in [5.74, 6) is 1.11. The highest BCUT2D eigenvalue weighted by atomic mass is 16.3. The number of hydrogen-bond donors (Lipinski definition) is 1. The lowest BCUT2D eigenvalue weighted by Crippen LogP contribution is -2.44. The van der Waals surface area contributed by atoms with Crippen molar-refractivity contribution in [2.75, 3.05) is 37.7 Å². The molecule has 2 fully saturated rings. The second-order valence-electron chi connectivity index (χ2n) is 8.37. The highest BCUT2D eigenvalue weighted by Crippen LogP contribution is 2.45. The summed E-state index contributed by atoms with van der Waals surface area (Å²) >= 11 is 0. The number of aryl methyl sites for hydroxylation is 2. The van der Waals surface area contributed by atoms with Crippen molar-refractivity contribution in [2.45, 2.75) is 33.2 Å². The van der Waals surface area contributed by atoms with Gasteiger partial charge in [-0.3, -0.25) is 4.90 Å². The highest BCUT2D eigenvalue weighted by molar-refractivity contribution is 5.33. The minimum absolute atomic E-state index is 0.188. The van der Waals surface area contributed by atoms with Crippen molar-refractivity contribution in [2.24, 2.45) is 11.3 Å². The molecule has 2 aliphatic rings. The summed E-state index contributed by atoms with van der Waals surface area (Å²) in [6.07, 6.45) is 5.86. The third-order valence-electron chi connectivity index (χ3n) is 6.70. The molecular formula is C22H30N4O. The first-order chi connectivity index (χ1) is 13.1. The molecule has 2 saturated heterocycles. The number of anilines is 1. The van der Waals surface area contributed by atoms with E-state index < -0.39 is 0 Å². The molecule has 0 bridgehead atoms. The number of piperidine rings is 1. The molecule has 2 aromatic rings. The Kier molecular flexibility index (Phi) is 5.15. The van der Waals surface area contributed by atoms with Crippen LogP contribution in [0.25, 0.3) is 0 Å². The fourth-order valence-corrected chi connectivity index (χ4v) is 4.77. The Balaban J connectivity index is 1.41. The van der Waals surface area contributed by atoms with Gasteiger partial charge in [0, 0.05) is 44.6 Å². The average molecular weight is 367 g/mol. The van der Waals surface area contributed by atoms with E-state index in [1.165, 1.54) is 16.7 Å². The van der Waals surface area contributed by atoms with E-state index >= 15 is 0 Å². The summed E-state index contributed by atoms with van der Waals surface area (Å²) in [5.41, 5.74) is 4.32. The van der Waals surface area contributed by atoms with Gasteiger partial charge in [-0.15, -0.1) is 0 Å². The van der Waals surface area contributed by atoms with E-state index in [1.807, 2.05) is 6.07 Å². The van der Waals surface area contributed by atoms with Crippen LogP contribution in [0.4, 0.5) is 5.95 Å². The maximum atomic E-state index is 10.0. The zero-order valence-corrected chi connectivity index (χ0v) is 16.4. The summed E-state index contributed by atoms with van der Waals surface area (Å²) in [5, 5.41) is 10.0. The molecule has 4 rings (SSSR count). The predicted molar refractivity (Wildman–Crippen MR) is 108 cm³/mol. The topological polar surface area (TPSA) is 52.5 Å². The first kappa shape index (κ1) is 18.4. The van der Waals surface area contributed by atoms with Crippen molar-refractivity contribution in [3.05, 3.63) is 53.3 Å². The van der Waals surface area contributed by atoms with Crippen LogP contribution in [-0.2, 0) is 6.54 Å². The van der Waals surface area contributed by atoms with Crippen LogP contribution in [0.2, 0.25) is 0 Å². The third-order valence-corrected chi connectivity index (χ3v) is 6.70. The lowest BCUT2D eigenvalue weighted by molar-refractivity contribution is 0.0506. The molecular weight excluding hydrogens is 336 g/mol. The molecule has 1 spiro atoms. The number of likely N-dealkylation sites (tertiary alicyclic amines) is 1. The lowest BCUT2D eigenvalue weighted by atomic mass is 9.71. The molecule has 1 aromatic carbocycles. The zero-order valence-electron chi connectivity index (χ0n) is 16.4. The fraction of sp³-hybridized carbons (Fsp3) is 0.545. The minimum Gasteiger partial charge on any atom is -0.396 e. The Morgan fingerprint density at radius 1 is 1.11 bits per heavy atom. The summed E-state index contributed by atoms with van der Waals surface area (Å²) in [6.45, 7) is 9.62. The molecule has 5 nitrogen and oxygen atoms in total. The van der Waals surface area contributed by atoms with Gasteiger partial charge in [-0.1, -0.05) is 18.2 Å². The molecule has 2 aliphatic heterocycles. The Morgan fingerprint density at radius 3 is 2.52 bits per heavy atom. The van der Waals surface area contributed by atoms with E-state index in [0.717, 1.165) is 51.5 Å². The molecule has 27 heavy (non-hydrogen) atoms. The predicted octanol–water partition coefficient (Wildman–Crippen LogP) is 2.80. The minimum atomic E-state index is 0.188. The Morgan fingerprint density at radius 2 is 1.85 bits per heavy atom. The highest BCUT2D eigenvalue weighted by Gasteiger charge is 2.48. The first-order valence-corrected chi connectivity index (χ1v) is 10.0. The van der Waals surface area contributed by atoms with Crippen LogP contribution in [0.1, 0.15) is 29.5 Å². The summed E-state index contributed by atoms with van der Waals surface area (Å²) in [7, 11) is 0. The van der Waals surface area contributed by atoms with Gasteiger partial charge in [-0.25, -0.2) is 9.97 Å². The Bertz CT molecular complexity index is 771. The van der Waals surface area contributed by atoms with Crippen LogP contribution < -0.4 is 4.90 Å². The van der Waals surface area contributed by atoms with Crippen LogP contribution in [0.3, 0.4) is 0 Å². The number of nitrogens with zero attached hydrogens (tertiary/aromatic N) is 4. The monoisotopic (exact) mass is 366 g/mol. The molecule has 0 aliphatic carbocycles. The average Bonchev–Trinajstić information content (AvgIpc) is 3.06. The van der Waals surface area contributed by atoms with Gasteiger partial charge in [0.05, 0.1) is 0 Å². The quantitative estimate of drug-likeness (QED) is 0.902. The van der Waals surface area contributed by atoms with Crippen LogP contribution in [0.5, 0.6) is 0 Å². The van der Waals surface area contributed by atoms with Gasteiger partial charge in [0.2, 0.25) is 5.95 Å². The van der Waals surface area contributed by atoms with Crippen molar-refractivity contribution in [3.63, 3.8) is 0 Å². The molecule has 0 radical (unpaired) electrons. The normalized spacial score (nSPS) is 22.5. The number of benzene rings is 1. The number of hydrogen-bond acceptors (Lipinski definition) is 5. The van der Waals surface area contributed by atoms with Crippen molar-refractivity contribution in [1.29, 1.82) is 0 Å². The maximum Gasteiger partial charge on any atom is 0.225 e. The number of aliphatic hydroxyl groups is 1. The van der Waals surface area contributed by atoms with Crippen LogP contribution >= 0.6 is 0 Å². The number of rotatable bonds is 4. The second-order valence-corrected chi connectivity index (χ2v) is 8.37. The van der Waals surface area contributed by atoms with Crippen LogP contribution in [-0.4, -0.2) is 52.8 Å². The second kappa shape index (κ2) is 7.56. The lowest BCUT2D eigenvalue weighted by Gasteiger charge is -2.42. The zero-order chi connectivity index (χ0) is 18.9. The first-order valence-electron chi connectivity index (χ1n) is 10.0. The van der Waals surface area contributed by atoms with Gasteiger partial charge in [-0.2, -0.15) is 0 Å².